The number of unbranched alkanes of at least 4 members (excludes halogenated alkanes) is 1. The number of nitrogens with zero attached hydrogens (tertiary/aromatic N) is 2. The fraction of sp³-hybridized carbons (Fsp3) is 0.286. The molecule has 0 saturated heterocycles. The molecule has 0 bridgehead atoms. The minimum Gasteiger partial charge on any atom is -0.494 e. The number of nitrogens with one attached hydrogen (secondary N) is 1. The topological polar surface area (TPSA) is 56.2 Å². The van der Waals surface area contributed by atoms with Gasteiger partial charge in [0.15, 0.2) is 0 Å². The molecule has 0 aliphatic heterocycles. The highest BCUT2D eigenvalue weighted by Gasteiger charge is 2.13. The summed E-state index contributed by atoms with van der Waals surface area (Å²) in [7, 11) is 0. The summed E-state index contributed by atoms with van der Waals surface area (Å²) in [5.74, 6) is 1.62. The van der Waals surface area contributed by atoms with Gasteiger partial charge in [-0.2, -0.15) is 0 Å². The summed E-state index contributed by atoms with van der Waals surface area (Å²) in [6.45, 7) is 7.74. The summed E-state index contributed by atoms with van der Waals surface area (Å²) < 4.78 is 8.16. The molecule has 0 aliphatic carbocycles. The molecule has 34 heavy (non-hydrogen) atoms. The van der Waals surface area contributed by atoms with Crippen LogP contribution in [0.15, 0.2) is 60.7 Å². The molecule has 1 amide bonds. The molecule has 0 unspecified atom stereocenters. The second kappa shape index (κ2) is 10.7. The molecular weight excluding hydrogens is 446 g/mol. The number of halogens is 1. The van der Waals surface area contributed by atoms with Crippen molar-refractivity contribution < 1.29 is 9.53 Å². The van der Waals surface area contributed by atoms with Crippen LogP contribution in [0.25, 0.3) is 11.0 Å². The number of carbonyl (C=O) groups is 1. The molecule has 1 N–H and O–H groups in total. The third kappa shape index (κ3) is 5.42. The number of hydrogen-bond acceptors (Lipinski definition) is 3. The lowest BCUT2D eigenvalue weighted by atomic mass is 10.1. The molecule has 176 valence electrons. The molecular formula is C28H30ClN3O2. The van der Waals surface area contributed by atoms with E-state index in [0.717, 1.165) is 63.7 Å². The largest absolute Gasteiger partial charge is 0.494 e. The first kappa shape index (κ1) is 23.8. The first-order valence-corrected chi connectivity index (χ1v) is 12.0. The Morgan fingerprint density at radius 2 is 1.68 bits per heavy atom. The van der Waals surface area contributed by atoms with Gasteiger partial charge in [0.1, 0.15) is 11.6 Å². The van der Waals surface area contributed by atoms with Crippen molar-refractivity contribution in [2.45, 2.75) is 46.7 Å². The standard InChI is InChI=1S/C28H30ClN3O2/c1-19-10-4-5-11-23(19)28(33)30-18-26-31-24-12-6-7-13-25(24)32(26)14-8-9-15-34-22-16-20(2)27(29)21(3)17-22/h4-7,10-13,16-17H,8-9,14-15,18H2,1-3H3,(H,30,33). The van der Waals surface area contributed by atoms with Crippen LogP contribution >= 0.6 is 11.6 Å². The molecule has 1 heterocycles. The number of aryl methyl sites for hydroxylation is 4. The summed E-state index contributed by atoms with van der Waals surface area (Å²) in [4.78, 5) is 17.5. The number of para-hydroxylation sites is 2. The van der Waals surface area contributed by atoms with E-state index in [1.807, 2.05) is 75.4 Å². The lowest BCUT2D eigenvalue weighted by Crippen LogP contribution is -2.25. The predicted octanol–water partition coefficient (Wildman–Crippen LogP) is 6.40. The van der Waals surface area contributed by atoms with Gasteiger partial charge in [0.05, 0.1) is 24.2 Å². The number of ether oxygens (including phenoxy) is 1. The number of hydrogen-bond donors (Lipinski definition) is 1. The maximum absolute atomic E-state index is 12.7. The van der Waals surface area contributed by atoms with Crippen LogP contribution in [0.2, 0.25) is 5.02 Å². The van der Waals surface area contributed by atoms with E-state index < -0.39 is 0 Å². The van der Waals surface area contributed by atoms with Crippen molar-refractivity contribution in [3.05, 3.63) is 93.8 Å². The van der Waals surface area contributed by atoms with Crippen LogP contribution in [-0.2, 0) is 13.1 Å². The molecule has 4 rings (SSSR count). The van der Waals surface area contributed by atoms with Gasteiger partial charge in [-0.15, -0.1) is 0 Å². The average Bonchev–Trinajstić information content (AvgIpc) is 3.18. The Bertz CT molecular complexity index is 1290. The molecule has 1 aromatic heterocycles. The number of rotatable bonds is 9. The van der Waals surface area contributed by atoms with Crippen LogP contribution in [0.5, 0.6) is 5.75 Å². The van der Waals surface area contributed by atoms with E-state index in [-0.39, 0.29) is 5.91 Å². The number of fused-ring (bicyclic) bond motifs is 1. The van der Waals surface area contributed by atoms with Gasteiger partial charge in [-0.25, -0.2) is 4.98 Å². The van der Waals surface area contributed by atoms with Gasteiger partial charge < -0.3 is 14.6 Å². The molecule has 0 fully saturated rings. The quantitative estimate of drug-likeness (QED) is 0.285. The third-order valence-corrected chi connectivity index (χ3v) is 6.58. The van der Waals surface area contributed by atoms with Gasteiger partial charge in [0.2, 0.25) is 0 Å². The van der Waals surface area contributed by atoms with E-state index in [2.05, 4.69) is 16.0 Å². The zero-order chi connectivity index (χ0) is 24.1. The fourth-order valence-corrected chi connectivity index (χ4v) is 4.25. The molecule has 0 spiro atoms. The highest BCUT2D eigenvalue weighted by molar-refractivity contribution is 6.32. The monoisotopic (exact) mass is 475 g/mol. The van der Waals surface area contributed by atoms with Crippen molar-refractivity contribution in [1.82, 2.24) is 14.9 Å². The number of benzene rings is 3. The van der Waals surface area contributed by atoms with Gasteiger partial charge in [-0.05, 0) is 80.6 Å². The molecule has 4 aromatic rings. The van der Waals surface area contributed by atoms with Crippen LogP contribution in [-0.4, -0.2) is 22.1 Å². The van der Waals surface area contributed by atoms with E-state index in [4.69, 9.17) is 21.3 Å². The maximum atomic E-state index is 12.7. The maximum Gasteiger partial charge on any atom is 0.251 e. The number of carbonyl (C=O) groups excluding carboxylic acids is 1. The van der Waals surface area contributed by atoms with Gasteiger partial charge in [-0.3, -0.25) is 4.79 Å². The van der Waals surface area contributed by atoms with Crippen LogP contribution in [0.3, 0.4) is 0 Å². The number of amides is 1. The Morgan fingerprint density at radius 1 is 0.971 bits per heavy atom. The molecule has 0 atom stereocenters. The Labute approximate surface area is 205 Å². The van der Waals surface area contributed by atoms with E-state index in [1.165, 1.54) is 0 Å². The summed E-state index contributed by atoms with van der Waals surface area (Å²) in [5, 5.41) is 3.83. The van der Waals surface area contributed by atoms with Crippen LogP contribution < -0.4 is 10.1 Å². The zero-order valence-electron chi connectivity index (χ0n) is 19.9. The summed E-state index contributed by atoms with van der Waals surface area (Å²) in [6, 6.07) is 19.6. The minimum atomic E-state index is -0.0846. The Kier molecular flexibility index (Phi) is 7.53. The fourth-order valence-electron chi connectivity index (χ4n) is 4.14. The highest BCUT2D eigenvalue weighted by Crippen LogP contribution is 2.26. The molecule has 6 heteroatoms. The smallest absolute Gasteiger partial charge is 0.251 e. The lowest BCUT2D eigenvalue weighted by Gasteiger charge is -2.12. The van der Waals surface area contributed by atoms with Crippen LogP contribution in [0, 0.1) is 20.8 Å². The summed E-state index contributed by atoms with van der Waals surface area (Å²) in [5.41, 5.74) is 5.71. The van der Waals surface area contributed by atoms with Crippen molar-refractivity contribution in [3.8, 4) is 5.75 Å². The van der Waals surface area contributed by atoms with Crippen molar-refractivity contribution in [2.24, 2.45) is 0 Å². The number of imidazole rings is 1. The summed E-state index contributed by atoms with van der Waals surface area (Å²) >= 11 is 6.25. The molecule has 0 radical (unpaired) electrons. The number of aromatic nitrogens is 2. The first-order chi connectivity index (χ1) is 16.4. The molecule has 0 saturated carbocycles. The van der Waals surface area contributed by atoms with Crippen LogP contribution in [0.4, 0.5) is 0 Å². The molecule has 0 aliphatic rings. The second-order valence-corrected chi connectivity index (χ2v) is 8.97. The molecule has 3 aromatic carbocycles. The highest BCUT2D eigenvalue weighted by atomic mass is 35.5. The van der Waals surface area contributed by atoms with Crippen molar-refractivity contribution in [3.63, 3.8) is 0 Å². The Balaban J connectivity index is 1.38. The van der Waals surface area contributed by atoms with Gasteiger partial charge in [-0.1, -0.05) is 41.9 Å². The Hall–Kier alpha value is -3.31. The van der Waals surface area contributed by atoms with E-state index in [1.54, 1.807) is 0 Å². The normalized spacial score (nSPS) is 11.1. The zero-order valence-corrected chi connectivity index (χ0v) is 20.7. The first-order valence-electron chi connectivity index (χ1n) is 11.6. The second-order valence-electron chi connectivity index (χ2n) is 8.59. The van der Waals surface area contributed by atoms with E-state index in [9.17, 15) is 4.79 Å². The summed E-state index contributed by atoms with van der Waals surface area (Å²) in [6.07, 6.45) is 1.84. The molecule has 5 nitrogen and oxygen atoms in total. The van der Waals surface area contributed by atoms with E-state index in [0.29, 0.717) is 18.7 Å². The Morgan fingerprint density at radius 3 is 2.44 bits per heavy atom. The third-order valence-electron chi connectivity index (χ3n) is 5.99. The van der Waals surface area contributed by atoms with Crippen LogP contribution in [0.1, 0.15) is 45.7 Å². The van der Waals surface area contributed by atoms with E-state index >= 15 is 0 Å². The van der Waals surface area contributed by atoms with Gasteiger partial charge >= 0.3 is 0 Å². The van der Waals surface area contributed by atoms with Crippen molar-refractivity contribution in [1.29, 1.82) is 0 Å². The lowest BCUT2D eigenvalue weighted by molar-refractivity contribution is 0.0949. The van der Waals surface area contributed by atoms with Crippen molar-refractivity contribution >= 4 is 28.5 Å². The van der Waals surface area contributed by atoms with Gasteiger partial charge in [0.25, 0.3) is 5.91 Å². The minimum absolute atomic E-state index is 0.0846. The predicted molar refractivity (Wildman–Crippen MR) is 138 cm³/mol. The van der Waals surface area contributed by atoms with Gasteiger partial charge in [0, 0.05) is 17.1 Å². The average molecular weight is 476 g/mol. The van der Waals surface area contributed by atoms with Crippen molar-refractivity contribution in [2.75, 3.05) is 6.61 Å². The SMILES string of the molecule is Cc1ccccc1C(=O)NCc1nc2ccccc2n1CCCCOc1cc(C)c(Cl)c(C)c1.